The van der Waals surface area contributed by atoms with E-state index >= 15 is 0 Å². The lowest BCUT2D eigenvalue weighted by atomic mass is 9.95. The Hall–Kier alpha value is -4.12. The number of nitrogen functional groups attached to an aromatic ring is 1. The minimum atomic E-state index is -4.46. The van der Waals surface area contributed by atoms with E-state index in [1.54, 1.807) is 77.1 Å². The summed E-state index contributed by atoms with van der Waals surface area (Å²) < 4.78 is 52.7. The fourth-order valence-electron chi connectivity index (χ4n) is 6.40. The Balaban J connectivity index is 1.52. The van der Waals surface area contributed by atoms with Crippen LogP contribution in [0.5, 0.6) is 5.75 Å². The second kappa shape index (κ2) is 17.8. The van der Waals surface area contributed by atoms with Crippen LogP contribution in [-0.4, -0.2) is 81.2 Å². The summed E-state index contributed by atoms with van der Waals surface area (Å²) in [5.74, 6) is -2.49. The first-order valence-corrected chi connectivity index (χ1v) is 20.2. The van der Waals surface area contributed by atoms with E-state index in [2.05, 4.69) is 15.2 Å². The molecule has 8 atom stereocenters. The number of aromatic nitrogens is 3. The zero-order chi connectivity index (χ0) is 40.1. The van der Waals surface area contributed by atoms with Gasteiger partial charge in [0.2, 0.25) is 0 Å². The fraction of sp³-hybridized carbons (Fsp3) is 0.595. The van der Waals surface area contributed by atoms with Crippen LogP contribution in [0.2, 0.25) is 0 Å². The van der Waals surface area contributed by atoms with Crippen molar-refractivity contribution in [1.82, 2.24) is 19.7 Å². The maximum atomic E-state index is 14.7. The monoisotopic (exact) mass is 787 g/mol. The lowest BCUT2D eigenvalue weighted by Gasteiger charge is -2.33. The summed E-state index contributed by atoms with van der Waals surface area (Å²) in [5.41, 5.74) is 17.7. The molecule has 18 heteroatoms. The fourth-order valence-corrected chi connectivity index (χ4v) is 7.99. The van der Waals surface area contributed by atoms with Crippen molar-refractivity contribution in [3.8, 4) is 5.75 Å². The van der Waals surface area contributed by atoms with Gasteiger partial charge in [-0.05, 0) is 75.6 Å². The number of hydrogen-bond acceptors (Lipinski definition) is 15. The van der Waals surface area contributed by atoms with Gasteiger partial charge in [0.25, 0.3) is 0 Å². The molecule has 1 saturated carbocycles. The molecule has 2 aromatic heterocycles. The summed E-state index contributed by atoms with van der Waals surface area (Å²) in [6.07, 6.45) is 1.53. The SMILES string of the molecule is CC(C)[C@@H](N)C(=O)O[C@H]1[C@H](c2ccc3c(N)ncnn23)O[C@](C)(COP(=O)(N[C@@H](C)C(=O)OC2CCCCC2)Oc2ccccc2)[C@H]1OC(=O)[C@H](N)C(C)C. The number of rotatable bonds is 16. The highest BCUT2D eigenvalue weighted by atomic mass is 31.2. The number of nitrogens with zero attached hydrogens (tertiary/aromatic N) is 3. The minimum Gasteiger partial charge on any atom is -0.461 e. The van der Waals surface area contributed by atoms with E-state index in [1.165, 1.54) is 17.8 Å². The van der Waals surface area contributed by atoms with Crippen molar-refractivity contribution >= 4 is 37.0 Å². The molecule has 2 aliphatic rings. The lowest BCUT2D eigenvalue weighted by Crippen LogP contribution is -2.52. The van der Waals surface area contributed by atoms with Crippen LogP contribution in [0.25, 0.3) is 5.52 Å². The number of nitrogens with two attached hydrogens (primary N) is 3. The zero-order valence-corrected chi connectivity index (χ0v) is 33.1. The van der Waals surface area contributed by atoms with Crippen LogP contribution in [0, 0.1) is 11.8 Å². The molecule has 0 amide bonds. The van der Waals surface area contributed by atoms with Gasteiger partial charge in [-0.25, -0.2) is 14.1 Å². The molecule has 55 heavy (non-hydrogen) atoms. The highest BCUT2D eigenvalue weighted by Crippen LogP contribution is 2.50. The number of carbonyl (C=O) groups excluding carboxylic acids is 3. The molecule has 1 aromatic carbocycles. The molecule has 1 aliphatic carbocycles. The van der Waals surface area contributed by atoms with E-state index in [0.29, 0.717) is 11.2 Å². The van der Waals surface area contributed by atoms with Crippen molar-refractivity contribution in [3.05, 3.63) is 54.5 Å². The molecule has 7 N–H and O–H groups in total. The third-order valence-corrected chi connectivity index (χ3v) is 11.5. The number of benzene rings is 1. The molecular formula is C37H54N7O10P. The Morgan fingerprint density at radius 1 is 0.927 bits per heavy atom. The van der Waals surface area contributed by atoms with Crippen LogP contribution in [0.15, 0.2) is 48.8 Å². The summed E-state index contributed by atoms with van der Waals surface area (Å²) in [6, 6.07) is 8.34. The van der Waals surface area contributed by atoms with Gasteiger partial charge in [-0.15, -0.1) is 0 Å². The molecule has 1 saturated heterocycles. The average Bonchev–Trinajstić information content (AvgIpc) is 3.70. The zero-order valence-electron chi connectivity index (χ0n) is 32.2. The number of anilines is 1. The van der Waals surface area contributed by atoms with Gasteiger partial charge >= 0.3 is 25.7 Å². The summed E-state index contributed by atoms with van der Waals surface area (Å²) in [4.78, 5) is 44.4. The highest BCUT2D eigenvalue weighted by Gasteiger charge is 2.59. The van der Waals surface area contributed by atoms with Crippen LogP contribution in [0.3, 0.4) is 0 Å². The summed E-state index contributed by atoms with van der Waals surface area (Å²) in [5, 5.41) is 7.05. The number of nitrogens with one attached hydrogen (secondary N) is 1. The predicted octanol–water partition coefficient (Wildman–Crippen LogP) is 3.99. The largest absolute Gasteiger partial charge is 0.461 e. The van der Waals surface area contributed by atoms with Gasteiger partial charge in [-0.1, -0.05) is 52.3 Å². The first-order valence-electron chi connectivity index (χ1n) is 18.7. The summed E-state index contributed by atoms with van der Waals surface area (Å²) in [6.45, 7) is 9.48. The van der Waals surface area contributed by atoms with Crippen molar-refractivity contribution in [3.63, 3.8) is 0 Å². The molecule has 302 valence electrons. The van der Waals surface area contributed by atoms with Crippen molar-refractivity contribution in [2.75, 3.05) is 12.3 Å². The molecular weight excluding hydrogens is 733 g/mol. The molecule has 0 spiro atoms. The predicted molar refractivity (Wildman–Crippen MR) is 201 cm³/mol. The van der Waals surface area contributed by atoms with E-state index in [1.807, 2.05) is 0 Å². The number of fused-ring (bicyclic) bond motifs is 1. The number of carbonyl (C=O) groups is 3. The smallest absolute Gasteiger partial charge is 0.459 e. The molecule has 3 aromatic rings. The van der Waals surface area contributed by atoms with E-state index in [0.717, 1.165) is 32.1 Å². The second-order valence-electron chi connectivity index (χ2n) is 15.1. The molecule has 5 rings (SSSR count). The summed E-state index contributed by atoms with van der Waals surface area (Å²) in [7, 11) is -4.46. The molecule has 1 aliphatic heterocycles. The van der Waals surface area contributed by atoms with E-state index in [9.17, 15) is 18.9 Å². The van der Waals surface area contributed by atoms with Crippen LogP contribution >= 0.6 is 7.75 Å². The Morgan fingerprint density at radius 3 is 2.20 bits per heavy atom. The van der Waals surface area contributed by atoms with Crippen molar-refractivity contribution in [2.45, 2.75) is 122 Å². The van der Waals surface area contributed by atoms with Gasteiger partial charge in [0.1, 0.15) is 53.5 Å². The lowest BCUT2D eigenvalue weighted by molar-refractivity contribution is -0.174. The number of hydrogen-bond donors (Lipinski definition) is 4. The maximum Gasteiger partial charge on any atom is 0.459 e. The van der Waals surface area contributed by atoms with Gasteiger partial charge in [0.15, 0.2) is 18.0 Å². The first kappa shape index (κ1) is 42.0. The molecule has 17 nitrogen and oxygen atoms in total. The quantitative estimate of drug-likeness (QED) is 0.0911. The van der Waals surface area contributed by atoms with Gasteiger partial charge in [-0.3, -0.25) is 18.9 Å². The van der Waals surface area contributed by atoms with E-state index in [4.69, 9.17) is 45.2 Å². The highest BCUT2D eigenvalue weighted by molar-refractivity contribution is 7.52. The topological polar surface area (TPSA) is 244 Å². The third kappa shape index (κ3) is 10.0. The van der Waals surface area contributed by atoms with Gasteiger partial charge in [0.05, 0.1) is 12.3 Å². The summed E-state index contributed by atoms with van der Waals surface area (Å²) >= 11 is 0. The normalized spacial score (nSPS) is 24.6. The molecule has 2 fully saturated rings. The standard InChI is InChI=1S/C37H54N7O10P/c1-21(2)28(38)35(46)51-31-30(26-17-18-27-33(40)41-20-42-44(26)27)53-37(6,32(31)52-36(47)29(39)22(3)4)19-49-55(48,54-25-15-11-8-12-16-25)43-23(5)34(45)50-24-13-9-7-10-14-24/h8,11-12,15-18,20-24,28-32H,7,9-10,13-14,19,38-39H2,1-6H3,(H,43,48)(H2,40,41,42)/t23-,28+,29+,30-,31-,32-,37+,55?/m0/s1. The second-order valence-corrected chi connectivity index (χ2v) is 16.8. The van der Waals surface area contributed by atoms with Crippen molar-refractivity contribution in [2.24, 2.45) is 23.3 Å². The number of para-hydroxylation sites is 1. The maximum absolute atomic E-state index is 14.7. The van der Waals surface area contributed by atoms with Crippen LogP contribution in [-0.2, 0) is 42.4 Å². The number of ether oxygens (including phenoxy) is 4. The average molecular weight is 788 g/mol. The van der Waals surface area contributed by atoms with E-state index in [-0.39, 0.29) is 29.5 Å². The van der Waals surface area contributed by atoms with Crippen molar-refractivity contribution < 1.29 is 46.9 Å². The van der Waals surface area contributed by atoms with Gasteiger partial charge in [0, 0.05) is 0 Å². The Morgan fingerprint density at radius 2 is 1.56 bits per heavy atom. The van der Waals surface area contributed by atoms with Crippen LogP contribution in [0.1, 0.15) is 85.4 Å². The molecule has 1 unspecified atom stereocenters. The molecule has 0 bridgehead atoms. The Bertz CT molecular complexity index is 1840. The molecule has 0 radical (unpaired) electrons. The number of esters is 3. The minimum absolute atomic E-state index is 0.174. The first-order chi connectivity index (χ1) is 26.0. The van der Waals surface area contributed by atoms with Gasteiger partial charge in [-0.2, -0.15) is 10.2 Å². The Labute approximate surface area is 320 Å². The van der Waals surface area contributed by atoms with Crippen LogP contribution < -0.4 is 26.8 Å². The van der Waals surface area contributed by atoms with Crippen molar-refractivity contribution in [1.29, 1.82) is 0 Å². The Kier molecular flexibility index (Phi) is 13.6. The third-order valence-electron chi connectivity index (χ3n) is 9.90. The molecule has 3 heterocycles. The van der Waals surface area contributed by atoms with Crippen LogP contribution in [0.4, 0.5) is 5.82 Å². The van der Waals surface area contributed by atoms with E-state index < -0.39 is 74.3 Å². The van der Waals surface area contributed by atoms with Gasteiger partial charge < -0.3 is 40.7 Å².